The summed E-state index contributed by atoms with van der Waals surface area (Å²) in [5.41, 5.74) is 3.21. The van der Waals surface area contributed by atoms with Crippen LogP contribution in [-0.4, -0.2) is 52.6 Å². The highest BCUT2D eigenvalue weighted by Gasteiger charge is 2.44. The number of hydrogen-bond acceptors (Lipinski definition) is 5. The van der Waals surface area contributed by atoms with E-state index in [-0.39, 0.29) is 28.2 Å². The van der Waals surface area contributed by atoms with Crippen molar-refractivity contribution in [3.8, 4) is 16.9 Å². The summed E-state index contributed by atoms with van der Waals surface area (Å²) in [6, 6.07) is 15.7. The lowest BCUT2D eigenvalue weighted by Crippen LogP contribution is -2.39. The summed E-state index contributed by atoms with van der Waals surface area (Å²) >= 11 is 1.61. The molecule has 0 radical (unpaired) electrons. The first kappa shape index (κ1) is 21.9. The molecule has 164 valence electrons. The fourth-order valence-corrected chi connectivity index (χ4v) is 5.80. The van der Waals surface area contributed by atoms with E-state index in [1.165, 1.54) is 0 Å². The zero-order chi connectivity index (χ0) is 22.0. The van der Waals surface area contributed by atoms with Gasteiger partial charge in [0.25, 0.3) is 5.91 Å². The summed E-state index contributed by atoms with van der Waals surface area (Å²) in [6.07, 6.45) is 0.957. The molecule has 0 bridgehead atoms. The zero-order valence-electron chi connectivity index (χ0n) is 18.4. The monoisotopic (exact) mass is 438 g/mol. The van der Waals surface area contributed by atoms with Gasteiger partial charge in [-0.1, -0.05) is 75.4 Å². The van der Waals surface area contributed by atoms with Gasteiger partial charge in [0.1, 0.15) is 11.0 Å². The maximum Gasteiger partial charge on any atom is 0.262 e. The molecule has 2 aromatic carbocycles. The van der Waals surface area contributed by atoms with Gasteiger partial charge in [-0.3, -0.25) is 4.79 Å². The normalized spacial score (nSPS) is 20.6. The standard InChI is InChI=1S/C25H30N2O3S/c1-4-25(2,3)21(22-23(29)26-24(31-22)27-12-14-30-15-13-27)19-7-5-6-18(16-19)17-8-10-20(28)11-9-17/h5-11,16,21-22,28H,4,12-15H2,1-3H3. The molecule has 2 atom stereocenters. The Hall–Kier alpha value is -2.31. The molecule has 2 aromatic rings. The van der Waals surface area contributed by atoms with Crippen LogP contribution in [-0.2, 0) is 9.53 Å². The van der Waals surface area contributed by atoms with Crippen molar-refractivity contribution in [3.05, 3.63) is 54.1 Å². The number of hydrogen-bond donors (Lipinski definition) is 1. The Kier molecular flexibility index (Phi) is 6.39. The molecule has 1 fully saturated rings. The Bertz CT molecular complexity index is 965. The molecular weight excluding hydrogens is 408 g/mol. The number of phenols is 1. The van der Waals surface area contributed by atoms with E-state index in [9.17, 15) is 9.90 Å². The van der Waals surface area contributed by atoms with E-state index in [0.29, 0.717) is 13.2 Å². The van der Waals surface area contributed by atoms with Crippen LogP contribution < -0.4 is 0 Å². The Labute approximate surface area is 188 Å². The van der Waals surface area contributed by atoms with Crippen molar-refractivity contribution in [1.29, 1.82) is 0 Å². The number of aromatic hydroxyl groups is 1. The first-order valence-electron chi connectivity index (χ1n) is 10.9. The quantitative estimate of drug-likeness (QED) is 0.719. The van der Waals surface area contributed by atoms with Gasteiger partial charge in [0.15, 0.2) is 5.17 Å². The van der Waals surface area contributed by atoms with E-state index < -0.39 is 0 Å². The third kappa shape index (κ3) is 4.65. The topological polar surface area (TPSA) is 62.1 Å². The first-order chi connectivity index (χ1) is 14.9. The van der Waals surface area contributed by atoms with Crippen LogP contribution in [0.5, 0.6) is 5.75 Å². The molecule has 0 aromatic heterocycles. The summed E-state index contributed by atoms with van der Waals surface area (Å²) in [6.45, 7) is 9.59. The van der Waals surface area contributed by atoms with Crippen LogP contribution in [0, 0.1) is 5.41 Å². The highest BCUT2D eigenvalue weighted by atomic mass is 32.2. The van der Waals surface area contributed by atoms with Gasteiger partial charge in [-0.25, -0.2) is 0 Å². The van der Waals surface area contributed by atoms with E-state index in [4.69, 9.17) is 4.74 Å². The number of benzene rings is 2. The second-order valence-corrected chi connectivity index (χ2v) is 9.97. The molecule has 1 amide bonds. The van der Waals surface area contributed by atoms with Gasteiger partial charge in [0, 0.05) is 19.0 Å². The summed E-state index contributed by atoms with van der Waals surface area (Å²) < 4.78 is 5.46. The number of ether oxygens (including phenoxy) is 1. The smallest absolute Gasteiger partial charge is 0.262 e. The van der Waals surface area contributed by atoms with Crippen LogP contribution in [0.15, 0.2) is 53.5 Å². The van der Waals surface area contributed by atoms with Crippen LogP contribution in [0.25, 0.3) is 11.1 Å². The summed E-state index contributed by atoms with van der Waals surface area (Å²) in [4.78, 5) is 19.7. The molecule has 1 N–H and O–H groups in total. The predicted octanol–water partition coefficient (Wildman–Crippen LogP) is 4.91. The van der Waals surface area contributed by atoms with Gasteiger partial charge < -0.3 is 14.7 Å². The van der Waals surface area contributed by atoms with Gasteiger partial charge in [0.2, 0.25) is 0 Å². The van der Waals surface area contributed by atoms with Gasteiger partial charge in [-0.2, -0.15) is 4.99 Å². The third-order valence-corrected chi connectivity index (χ3v) is 7.75. The number of aliphatic imine (C=N–C) groups is 1. The molecule has 4 rings (SSSR count). The Morgan fingerprint density at radius 3 is 2.55 bits per heavy atom. The number of amides is 1. The van der Waals surface area contributed by atoms with Crippen molar-refractivity contribution in [3.63, 3.8) is 0 Å². The minimum absolute atomic E-state index is 0.0342. The lowest BCUT2D eigenvalue weighted by Gasteiger charge is -2.37. The zero-order valence-corrected chi connectivity index (χ0v) is 19.2. The Morgan fingerprint density at radius 2 is 1.87 bits per heavy atom. The molecule has 31 heavy (non-hydrogen) atoms. The number of carbonyl (C=O) groups excluding carboxylic acids is 1. The largest absolute Gasteiger partial charge is 0.508 e. The van der Waals surface area contributed by atoms with E-state index in [0.717, 1.165) is 41.4 Å². The molecule has 0 spiro atoms. The summed E-state index contributed by atoms with van der Waals surface area (Å²) in [5, 5.41) is 10.2. The average molecular weight is 439 g/mol. The molecule has 2 aliphatic heterocycles. The molecule has 5 nitrogen and oxygen atoms in total. The SMILES string of the molecule is CCC(C)(C)C(c1cccc(-c2ccc(O)cc2)c1)C1SC(N2CCOCC2)=NC1=O. The number of carbonyl (C=O) groups is 1. The van der Waals surface area contributed by atoms with Crippen molar-refractivity contribution in [2.24, 2.45) is 10.4 Å². The molecule has 2 unspecified atom stereocenters. The van der Waals surface area contributed by atoms with Crippen LogP contribution in [0.2, 0.25) is 0 Å². The maximum absolute atomic E-state index is 13.1. The highest BCUT2D eigenvalue weighted by molar-refractivity contribution is 8.15. The van der Waals surface area contributed by atoms with Crippen molar-refractivity contribution < 1.29 is 14.6 Å². The minimum Gasteiger partial charge on any atom is -0.508 e. The van der Waals surface area contributed by atoms with E-state index >= 15 is 0 Å². The summed E-state index contributed by atoms with van der Waals surface area (Å²) in [7, 11) is 0. The molecule has 2 aliphatic rings. The number of morpholine rings is 1. The molecule has 0 saturated carbocycles. The Morgan fingerprint density at radius 1 is 1.16 bits per heavy atom. The molecular formula is C25H30N2O3S. The molecule has 2 heterocycles. The van der Waals surface area contributed by atoms with Crippen molar-refractivity contribution in [1.82, 2.24) is 4.90 Å². The van der Waals surface area contributed by atoms with Crippen LogP contribution >= 0.6 is 11.8 Å². The molecule has 6 heteroatoms. The van der Waals surface area contributed by atoms with Gasteiger partial charge in [-0.15, -0.1) is 0 Å². The number of rotatable bonds is 5. The van der Waals surface area contributed by atoms with Crippen molar-refractivity contribution in [2.45, 2.75) is 38.4 Å². The Balaban J connectivity index is 1.66. The van der Waals surface area contributed by atoms with Gasteiger partial charge >= 0.3 is 0 Å². The number of thioether (sulfide) groups is 1. The second-order valence-electron chi connectivity index (χ2n) is 8.86. The lowest BCUT2D eigenvalue weighted by molar-refractivity contribution is -0.118. The van der Waals surface area contributed by atoms with Gasteiger partial charge in [0.05, 0.1) is 13.2 Å². The fourth-order valence-electron chi connectivity index (χ4n) is 4.28. The maximum atomic E-state index is 13.1. The highest BCUT2D eigenvalue weighted by Crippen LogP contribution is 2.48. The molecule has 1 saturated heterocycles. The van der Waals surface area contributed by atoms with E-state index in [1.54, 1.807) is 23.9 Å². The van der Waals surface area contributed by atoms with Gasteiger partial charge in [-0.05, 0) is 34.2 Å². The second kappa shape index (κ2) is 9.05. The van der Waals surface area contributed by atoms with Crippen LogP contribution in [0.3, 0.4) is 0 Å². The minimum atomic E-state index is -0.233. The van der Waals surface area contributed by atoms with Crippen molar-refractivity contribution >= 4 is 22.8 Å². The lowest BCUT2D eigenvalue weighted by atomic mass is 9.71. The van der Waals surface area contributed by atoms with Crippen LogP contribution in [0.1, 0.15) is 38.7 Å². The number of amidine groups is 1. The average Bonchev–Trinajstić information content (AvgIpc) is 3.16. The first-order valence-corrected chi connectivity index (χ1v) is 11.8. The fraction of sp³-hybridized carbons (Fsp3) is 0.440. The number of phenolic OH excluding ortho intramolecular Hbond substituents is 1. The van der Waals surface area contributed by atoms with Crippen LogP contribution in [0.4, 0.5) is 0 Å². The number of nitrogens with zero attached hydrogens (tertiary/aromatic N) is 2. The predicted molar refractivity (Wildman–Crippen MR) is 127 cm³/mol. The molecule has 0 aliphatic carbocycles. The van der Waals surface area contributed by atoms with E-state index in [1.807, 2.05) is 12.1 Å². The van der Waals surface area contributed by atoms with E-state index in [2.05, 4.69) is 54.9 Å². The third-order valence-electron chi connectivity index (χ3n) is 6.47. The summed E-state index contributed by atoms with van der Waals surface area (Å²) in [5.74, 6) is 0.257. The van der Waals surface area contributed by atoms with Crippen molar-refractivity contribution in [2.75, 3.05) is 26.3 Å².